The van der Waals surface area contributed by atoms with E-state index >= 15 is 0 Å². The van der Waals surface area contributed by atoms with E-state index in [4.69, 9.17) is 0 Å². The number of nitrogens with zero attached hydrogens (tertiary/aromatic N) is 6. The van der Waals surface area contributed by atoms with Gasteiger partial charge >= 0.3 is 0 Å². The number of rotatable bonds is 12. The van der Waals surface area contributed by atoms with Crippen molar-refractivity contribution in [2.45, 2.75) is 20.8 Å². The molecule has 15 aromatic carbocycles. The second-order valence-electron chi connectivity index (χ2n) is 29.9. The lowest BCUT2D eigenvalue weighted by atomic mass is 9.85. The lowest BCUT2D eigenvalue weighted by molar-refractivity contribution is 1.27. The first kappa shape index (κ1) is 72.0. The van der Waals surface area contributed by atoms with Gasteiger partial charge in [-0.2, -0.15) is 0 Å². The van der Waals surface area contributed by atoms with Crippen LogP contribution in [0.1, 0.15) is 16.7 Å². The minimum absolute atomic E-state index is 1.12. The summed E-state index contributed by atoms with van der Waals surface area (Å²) in [4.78, 5) is 25.8. The van der Waals surface area contributed by atoms with Gasteiger partial charge in [-0.05, 0) is 280 Å². The van der Waals surface area contributed by atoms with E-state index in [2.05, 4.69) is 390 Å². The van der Waals surface area contributed by atoms with Crippen molar-refractivity contribution in [1.82, 2.24) is 29.9 Å². The molecule has 0 fully saturated rings. The van der Waals surface area contributed by atoms with Gasteiger partial charge in [0.15, 0.2) is 0 Å². The van der Waals surface area contributed by atoms with Crippen LogP contribution in [-0.4, -0.2) is 29.9 Å². The Morgan fingerprint density at radius 2 is 0.402 bits per heavy atom. The first-order valence-corrected chi connectivity index (χ1v) is 39.7. The number of aryl methyl sites for hydroxylation is 3. The summed E-state index contributed by atoms with van der Waals surface area (Å²) in [6.07, 6.45) is 22.6. The minimum Gasteiger partial charge on any atom is -0.265 e. The van der Waals surface area contributed by atoms with Crippen molar-refractivity contribution < 1.29 is 0 Å². The molecule has 0 radical (unpaired) electrons. The van der Waals surface area contributed by atoms with Gasteiger partial charge in [-0.1, -0.05) is 279 Å². The van der Waals surface area contributed by atoms with Crippen molar-refractivity contribution in [2.24, 2.45) is 0 Å². The van der Waals surface area contributed by atoms with Crippen LogP contribution in [0.25, 0.3) is 198 Å². The van der Waals surface area contributed by atoms with Gasteiger partial charge in [-0.3, -0.25) is 29.9 Å². The molecule has 6 aromatic heterocycles. The Bertz CT molecular complexity index is 6790. The predicted octanol–water partition coefficient (Wildman–Crippen LogP) is 29.3. The highest BCUT2D eigenvalue weighted by Crippen LogP contribution is 2.49. The van der Waals surface area contributed by atoms with Crippen molar-refractivity contribution in [3.63, 3.8) is 0 Å². The highest BCUT2D eigenvalue weighted by Gasteiger charge is 2.22. The van der Waals surface area contributed by atoms with Crippen LogP contribution in [0.5, 0.6) is 0 Å². The van der Waals surface area contributed by atoms with Gasteiger partial charge in [0.05, 0.1) is 0 Å². The predicted molar refractivity (Wildman–Crippen MR) is 491 cm³/mol. The Hall–Kier alpha value is -15.2. The van der Waals surface area contributed by atoms with Crippen LogP contribution in [-0.2, 0) is 0 Å². The lowest BCUT2D eigenvalue weighted by Gasteiger charge is -2.18. The molecule has 552 valence electrons. The van der Waals surface area contributed by atoms with Crippen molar-refractivity contribution in [3.05, 3.63) is 437 Å². The summed E-state index contributed by atoms with van der Waals surface area (Å²) in [5, 5.41) is 15.0. The molecule has 21 aromatic rings. The minimum atomic E-state index is 1.12. The van der Waals surface area contributed by atoms with E-state index in [1.807, 2.05) is 80.4 Å². The van der Waals surface area contributed by atoms with Crippen molar-refractivity contribution in [1.29, 1.82) is 0 Å². The smallest absolute Gasteiger partial charge is 0.0349 e. The Labute approximate surface area is 681 Å². The monoisotopic (exact) mass is 1490 g/mol. The fourth-order valence-corrected chi connectivity index (χ4v) is 17.1. The highest BCUT2D eigenvalue weighted by molar-refractivity contribution is 6.24. The molecule has 21 rings (SSSR count). The molecule has 6 nitrogen and oxygen atoms in total. The topological polar surface area (TPSA) is 77.3 Å². The van der Waals surface area contributed by atoms with Crippen LogP contribution in [0.2, 0.25) is 0 Å². The first-order chi connectivity index (χ1) is 57.8. The molecule has 0 unspecified atom stereocenters. The summed E-state index contributed by atoms with van der Waals surface area (Å²) in [6.45, 7) is 6.29. The number of aromatic nitrogens is 6. The van der Waals surface area contributed by atoms with Crippen molar-refractivity contribution in [3.8, 4) is 134 Å². The van der Waals surface area contributed by atoms with E-state index in [0.29, 0.717) is 0 Å². The normalized spacial score (nSPS) is 11.2. The van der Waals surface area contributed by atoms with Crippen molar-refractivity contribution >= 4 is 64.6 Å². The molecule has 0 aliphatic heterocycles. The summed E-state index contributed by atoms with van der Waals surface area (Å²) in [5.41, 5.74) is 32.4. The van der Waals surface area contributed by atoms with E-state index in [1.165, 1.54) is 187 Å². The number of benzene rings is 15. The van der Waals surface area contributed by atoms with E-state index in [0.717, 1.165) is 27.8 Å². The van der Waals surface area contributed by atoms with Crippen LogP contribution in [0.15, 0.2) is 420 Å². The van der Waals surface area contributed by atoms with Gasteiger partial charge in [0.25, 0.3) is 0 Å². The first-order valence-electron chi connectivity index (χ1n) is 39.7. The number of hydrogen-bond donors (Lipinski definition) is 0. The second-order valence-corrected chi connectivity index (χ2v) is 29.9. The molecule has 6 heteroatoms. The molecule has 0 saturated carbocycles. The standard InChI is InChI=1S/3C37H26N2/c1-25-20-31(24-39-22-25)26-15-17-27(18-16-26)36-32-11-2-4-13-34(32)37(35-14-5-3-12-33(35)36)29-9-6-8-28(21-29)30-10-7-19-38-23-30;1-25-17-20-39-24-35(25)27-13-15-28(16-14-27)36-31-9-2-4-11-33(31)37(34-12-5-3-10-32(34)36)30-8-6-7-29(23-30)26-18-21-38-22-19-26;1-25-21-31(24-39-23-25)26-13-15-28(16-14-26)36-32-9-2-4-11-34(32)37(35-12-5-3-10-33(35)36)30-8-6-7-29(22-30)27-17-19-38-20-18-27/h3*2-24H,1H3. The second kappa shape index (κ2) is 32.1. The zero-order chi connectivity index (χ0) is 78.5. The van der Waals surface area contributed by atoms with Crippen LogP contribution in [0, 0.1) is 20.8 Å². The molecule has 0 spiro atoms. The van der Waals surface area contributed by atoms with E-state index in [9.17, 15) is 0 Å². The van der Waals surface area contributed by atoms with Gasteiger partial charge in [-0.15, -0.1) is 0 Å². The van der Waals surface area contributed by atoms with Crippen LogP contribution in [0.3, 0.4) is 0 Å². The maximum absolute atomic E-state index is 4.38. The van der Waals surface area contributed by atoms with Crippen molar-refractivity contribution in [2.75, 3.05) is 0 Å². The van der Waals surface area contributed by atoms with E-state index in [-0.39, 0.29) is 0 Å². The highest BCUT2D eigenvalue weighted by atomic mass is 14.6. The summed E-state index contributed by atoms with van der Waals surface area (Å²) in [5.74, 6) is 0. The van der Waals surface area contributed by atoms with Crippen LogP contribution < -0.4 is 0 Å². The Morgan fingerprint density at radius 3 is 0.709 bits per heavy atom. The van der Waals surface area contributed by atoms with Gasteiger partial charge in [0, 0.05) is 96.6 Å². The number of hydrogen-bond acceptors (Lipinski definition) is 6. The third kappa shape index (κ3) is 14.3. The summed E-state index contributed by atoms with van der Waals surface area (Å²) in [6, 6.07) is 125. The van der Waals surface area contributed by atoms with Gasteiger partial charge in [0.2, 0.25) is 0 Å². The zero-order valence-corrected chi connectivity index (χ0v) is 65.0. The van der Waals surface area contributed by atoms with Crippen LogP contribution in [0.4, 0.5) is 0 Å². The third-order valence-corrected chi connectivity index (χ3v) is 22.6. The molecule has 0 saturated heterocycles. The largest absolute Gasteiger partial charge is 0.265 e. The third-order valence-electron chi connectivity index (χ3n) is 22.6. The average Bonchev–Trinajstić information content (AvgIpc) is 0.744. The molecule has 117 heavy (non-hydrogen) atoms. The molecule has 0 atom stereocenters. The Balaban J connectivity index is 0.000000117. The fraction of sp³-hybridized carbons (Fsp3) is 0.0270. The van der Waals surface area contributed by atoms with E-state index < -0.39 is 0 Å². The molecule has 0 N–H and O–H groups in total. The molecule has 6 heterocycles. The average molecular weight is 1500 g/mol. The molecule has 0 amide bonds. The summed E-state index contributed by atoms with van der Waals surface area (Å²) < 4.78 is 0. The molecular formula is C111H78N6. The lowest BCUT2D eigenvalue weighted by Crippen LogP contribution is -1.91. The number of pyridine rings is 6. The van der Waals surface area contributed by atoms with E-state index in [1.54, 1.807) is 0 Å². The Kier molecular flexibility index (Phi) is 19.8. The number of fused-ring (bicyclic) bond motifs is 6. The maximum Gasteiger partial charge on any atom is 0.0349 e. The van der Waals surface area contributed by atoms with Gasteiger partial charge < -0.3 is 0 Å². The molecule has 0 aliphatic carbocycles. The SMILES string of the molecule is Cc1ccncc1-c1ccc(-c2c3ccccc3c(-c3cccc(-c4ccncc4)c3)c3ccccc23)cc1.Cc1cncc(-c2ccc(-c3c4ccccc4c(-c4cccc(-c5cccnc5)c4)c4ccccc34)cc2)c1.Cc1cncc(-c2ccc(-c3c4ccccc4c(-c4cccc(-c5ccncc5)c4)c4ccccc34)cc2)c1. The zero-order valence-electron chi connectivity index (χ0n) is 65.0. The fourth-order valence-electron chi connectivity index (χ4n) is 17.1. The Morgan fingerprint density at radius 1 is 0.145 bits per heavy atom. The molecule has 0 aliphatic rings. The van der Waals surface area contributed by atoms with Gasteiger partial charge in [-0.25, -0.2) is 0 Å². The molecular weight excluding hydrogens is 1420 g/mol. The maximum atomic E-state index is 4.38. The quantitative estimate of drug-likeness (QED) is 0.113. The summed E-state index contributed by atoms with van der Waals surface area (Å²) >= 11 is 0. The van der Waals surface area contributed by atoms with Crippen LogP contribution >= 0.6 is 0 Å². The summed E-state index contributed by atoms with van der Waals surface area (Å²) in [7, 11) is 0. The molecule has 0 bridgehead atoms. The van der Waals surface area contributed by atoms with Gasteiger partial charge in [0.1, 0.15) is 0 Å².